The number of hydrogen-bond acceptors (Lipinski definition) is 2. The summed E-state index contributed by atoms with van der Waals surface area (Å²) in [6.45, 7) is 2.17. The van der Waals surface area contributed by atoms with Gasteiger partial charge in [0.2, 0.25) is 0 Å². The molecule has 0 heterocycles. The van der Waals surface area contributed by atoms with Crippen LogP contribution in [0.5, 0.6) is 0 Å². The van der Waals surface area contributed by atoms with E-state index in [2.05, 4.69) is 6.92 Å². The molecule has 3 nitrogen and oxygen atoms in total. The number of aliphatic hydroxyl groups excluding tert-OH is 1. The smallest absolute Gasteiger partial charge is 0.303 e. The number of carbonyl (C=O) groups is 1. The van der Waals surface area contributed by atoms with Crippen molar-refractivity contribution in [2.24, 2.45) is 0 Å². The summed E-state index contributed by atoms with van der Waals surface area (Å²) in [7, 11) is 0. The molecular weight excluding hydrogens is 264 g/mol. The third-order valence-corrected chi connectivity index (χ3v) is 4.07. The average Bonchev–Trinajstić information content (AvgIpc) is 2.45. The van der Waals surface area contributed by atoms with Crippen LogP contribution in [0.4, 0.5) is 0 Å². The first-order valence-corrected chi connectivity index (χ1v) is 9.06. The minimum Gasteiger partial charge on any atom is -0.481 e. The summed E-state index contributed by atoms with van der Waals surface area (Å²) >= 11 is 0. The molecule has 0 aromatic heterocycles. The molecule has 0 aliphatic carbocycles. The molecule has 0 rings (SSSR count). The van der Waals surface area contributed by atoms with Crippen LogP contribution < -0.4 is 0 Å². The number of unbranched alkanes of at least 4 members (excludes halogenated alkanes) is 10. The molecule has 0 radical (unpaired) electrons. The summed E-state index contributed by atoms with van der Waals surface area (Å²) in [4.78, 5) is 10.3. The van der Waals surface area contributed by atoms with Gasteiger partial charge >= 0.3 is 5.97 Å². The molecular formula is C18H36O3. The van der Waals surface area contributed by atoms with Crippen molar-refractivity contribution >= 4 is 5.97 Å². The molecule has 1 atom stereocenters. The van der Waals surface area contributed by atoms with Crippen molar-refractivity contribution in [3.63, 3.8) is 0 Å². The Balaban J connectivity index is 3.07. The van der Waals surface area contributed by atoms with Gasteiger partial charge in [-0.3, -0.25) is 4.79 Å². The second-order valence-corrected chi connectivity index (χ2v) is 6.26. The lowest BCUT2D eigenvalue weighted by molar-refractivity contribution is -0.137. The predicted octanol–water partition coefficient (Wildman–Crippen LogP) is 5.30. The lowest BCUT2D eigenvalue weighted by atomic mass is 10.0. The minimum absolute atomic E-state index is 0.0734. The Morgan fingerprint density at radius 1 is 0.762 bits per heavy atom. The third kappa shape index (κ3) is 17.4. The quantitative estimate of drug-likeness (QED) is 0.380. The molecule has 0 saturated heterocycles. The fraction of sp³-hybridized carbons (Fsp3) is 0.944. The van der Waals surface area contributed by atoms with Crippen LogP contribution in [-0.2, 0) is 4.79 Å². The standard InChI is InChI=1S/C18H36O3/c1-2-3-14-17(19)15-12-10-8-6-4-5-7-9-11-13-16-18(20)21/h17,19H,2-16H2,1H3,(H,20,21)/t17-/m0/s1. The van der Waals surface area contributed by atoms with E-state index in [0.29, 0.717) is 6.42 Å². The van der Waals surface area contributed by atoms with Gasteiger partial charge in [-0.25, -0.2) is 0 Å². The van der Waals surface area contributed by atoms with Crippen molar-refractivity contribution in [3.05, 3.63) is 0 Å². The van der Waals surface area contributed by atoms with E-state index in [-0.39, 0.29) is 6.10 Å². The first-order chi connectivity index (χ1) is 10.2. The molecule has 0 aliphatic rings. The van der Waals surface area contributed by atoms with Crippen molar-refractivity contribution in [1.29, 1.82) is 0 Å². The Morgan fingerprint density at radius 2 is 1.19 bits per heavy atom. The zero-order valence-corrected chi connectivity index (χ0v) is 14.0. The highest BCUT2D eigenvalue weighted by molar-refractivity contribution is 5.66. The SMILES string of the molecule is CCCC[C@H](O)CCCCCCCCCCCCC(=O)O. The summed E-state index contributed by atoms with van der Waals surface area (Å²) in [6, 6.07) is 0. The predicted molar refractivity (Wildman–Crippen MR) is 88.6 cm³/mol. The van der Waals surface area contributed by atoms with E-state index in [0.717, 1.165) is 32.1 Å². The van der Waals surface area contributed by atoms with Gasteiger partial charge in [-0.1, -0.05) is 77.6 Å². The van der Waals surface area contributed by atoms with E-state index in [1.165, 1.54) is 57.8 Å². The van der Waals surface area contributed by atoms with Crippen LogP contribution in [0.15, 0.2) is 0 Å². The first kappa shape index (κ1) is 20.4. The third-order valence-electron chi connectivity index (χ3n) is 4.07. The Kier molecular flexibility index (Phi) is 15.4. The number of aliphatic carboxylic acids is 1. The monoisotopic (exact) mass is 300 g/mol. The molecule has 3 heteroatoms. The van der Waals surface area contributed by atoms with Gasteiger partial charge in [0.15, 0.2) is 0 Å². The summed E-state index contributed by atoms with van der Waals surface area (Å²) in [5.41, 5.74) is 0. The molecule has 126 valence electrons. The lowest BCUT2D eigenvalue weighted by Crippen LogP contribution is -2.05. The zero-order chi connectivity index (χ0) is 15.8. The average molecular weight is 300 g/mol. The Labute approximate surface area is 131 Å². The van der Waals surface area contributed by atoms with E-state index in [4.69, 9.17) is 5.11 Å². The fourth-order valence-electron chi connectivity index (χ4n) is 2.65. The number of carboxylic acid groups (broad SMARTS) is 1. The molecule has 0 spiro atoms. The number of carboxylic acids is 1. The van der Waals surface area contributed by atoms with E-state index in [9.17, 15) is 9.90 Å². The van der Waals surface area contributed by atoms with Crippen molar-refractivity contribution in [2.75, 3.05) is 0 Å². The van der Waals surface area contributed by atoms with Crippen molar-refractivity contribution in [3.8, 4) is 0 Å². The summed E-state index contributed by atoms with van der Waals surface area (Å²) in [5, 5.41) is 18.2. The maximum absolute atomic E-state index is 10.3. The van der Waals surface area contributed by atoms with E-state index in [1.54, 1.807) is 0 Å². The van der Waals surface area contributed by atoms with Crippen molar-refractivity contribution in [1.82, 2.24) is 0 Å². The maximum atomic E-state index is 10.3. The lowest BCUT2D eigenvalue weighted by Gasteiger charge is -2.09. The molecule has 2 N–H and O–H groups in total. The second-order valence-electron chi connectivity index (χ2n) is 6.26. The molecule has 0 aromatic carbocycles. The van der Waals surface area contributed by atoms with Crippen molar-refractivity contribution in [2.45, 2.75) is 109 Å². The van der Waals surface area contributed by atoms with Gasteiger partial charge in [-0.2, -0.15) is 0 Å². The van der Waals surface area contributed by atoms with Crippen LogP contribution in [-0.4, -0.2) is 22.3 Å². The van der Waals surface area contributed by atoms with Crippen LogP contribution in [0.1, 0.15) is 103 Å². The van der Waals surface area contributed by atoms with Gasteiger partial charge in [0.05, 0.1) is 6.10 Å². The largest absolute Gasteiger partial charge is 0.481 e. The molecule has 0 aliphatic heterocycles. The van der Waals surface area contributed by atoms with Crippen LogP contribution in [0, 0.1) is 0 Å². The highest BCUT2D eigenvalue weighted by atomic mass is 16.4. The molecule has 0 amide bonds. The maximum Gasteiger partial charge on any atom is 0.303 e. The molecule has 0 aromatic rings. The van der Waals surface area contributed by atoms with Crippen LogP contribution in [0.25, 0.3) is 0 Å². The normalized spacial score (nSPS) is 12.5. The van der Waals surface area contributed by atoms with E-state index < -0.39 is 5.97 Å². The Morgan fingerprint density at radius 3 is 1.67 bits per heavy atom. The second kappa shape index (κ2) is 15.8. The number of hydrogen-bond donors (Lipinski definition) is 2. The van der Waals surface area contributed by atoms with Gasteiger partial charge in [0.25, 0.3) is 0 Å². The minimum atomic E-state index is -0.671. The fourth-order valence-corrected chi connectivity index (χ4v) is 2.65. The highest BCUT2D eigenvalue weighted by Crippen LogP contribution is 2.14. The molecule has 0 unspecified atom stereocenters. The van der Waals surface area contributed by atoms with Gasteiger partial charge < -0.3 is 10.2 Å². The molecule has 0 saturated carbocycles. The van der Waals surface area contributed by atoms with Gasteiger partial charge in [0.1, 0.15) is 0 Å². The van der Waals surface area contributed by atoms with Crippen LogP contribution in [0.2, 0.25) is 0 Å². The first-order valence-electron chi connectivity index (χ1n) is 9.06. The van der Waals surface area contributed by atoms with Gasteiger partial charge in [-0.15, -0.1) is 0 Å². The van der Waals surface area contributed by atoms with E-state index >= 15 is 0 Å². The Bertz CT molecular complexity index is 229. The topological polar surface area (TPSA) is 57.5 Å². The van der Waals surface area contributed by atoms with Gasteiger partial charge in [-0.05, 0) is 19.3 Å². The number of aliphatic hydroxyl groups is 1. The molecule has 0 bridgehead atoms. The zero-order valence-electron chi connectivity index (χ0n) is 14.0. The Hall–Kier alpha value is -0.570. The molecule has 21 heavy (non-hydrogen) atoms. The van der Waals surface area contributed by atoms with Crippen LogP contribution in [0.3, 0.4) is 0 Å². The van der Waals surface area contributed by atoms with Crippen LogP contribution >= 0.6 is 0 Å². The summed E-state index contributed by atoms with van der Waals surface area (Å²) in [5.74, 6) is -0.671. The summed E-state index contributed by atoms with van der Waals surface area (Å²) in [6.07, 6.45) is 16.4. The summed E-state index contributed by atoms with van der Waals surface area (Å²) < 4.78 is 0. The highest BCUT2D eigenvalue weighted by Gasteiger charge is 2.02. The molecule has 0 fully saturated rings. The number of rotatable bonds is 16. The van der Waals surface area contributed by atoms with Gasteiger partial charge in [0, 0.05) is 6.42 Å². The van der Waals surface area contributed by atoms with Crippen molar-refractivity contribution < 1.29 is 15.0 Å². The van der Waals surface area contributed by atoms with E-state index in [1.807, 2.05) is 0 Å².